The zero-order valence-corrected chi connectivity index (χ0v) is 10.6. The number of halogens is 1. The van der Waals surface area contributed by atoms with Crippen molar-refractivity contribution in [2.24, 2.45) is 0 Å². The molecule has 0 atom stereocenters. The van der Waals surface area contributed by atoms with Crippen LogP contribution >= 0.6 is 11.6 Å². The Kier molecular flexibility index (Phi) is 2.88. The molecule has 1 fully saturated rings. The third kappa shape index (κ3) is 2.29. The summed E-state index contributed by atoms with van der Waals surface area (Å²) in [7, 11) is 0. The first-order valence-electron chi connectivity index (χ1n) is 5.90. The molecule has 0 saturated heterocycles. The number of pyridine rings is 1. The Balaban J connectivity index is 1.68. The molecule has 1 N–H and O–H groups in total. The third-order valence-corrected chi connectivity index (χ3v) is 3.55. The smallest absolute Gasteiger partial charge is 0.222 e. The Labute approximate surface area is 110 Å². The molecule has 1 aliphatic carbocycles. The normalized spacial score (nSPS) is 16.3. The molecule has 2 heterocycles. The highest BCUT2D eigenvalue weighted by Crippen LogP contribution is 2.47. The highest BCUT2D eigenvalue weighted by Gasteiger charge is 2.44. The van der Waals surface area contributed by atoms with Gasteiger partial charge in [0.15, 0.2) is 0 Å². The van der Waals surface area contributed by atoms with Gasteiger partial charge < -0.3 is 5.32 Å². The van der Waals surface area contributed by atoms with Crippen LogP contribution in [0.3, 0.4) is 0 Å². The Morgan fingerprint density at radius 1 is 1.17 bits per heavy atom. The van der Waals surface area contributed by atoms with E-state index in [-0.39, 0.29) is 5.41 Å². The van der Waals surface area contributed by atoms with Gasteiger partial charge in [-0.1, -0.05) is 11.6 Å². The van der Waals surface area contributed by atoms with E-state index in [4.69, 9.17) is 11.6 Å². The lowest BCUT2D eigenvalue weighted by Gasteiger charge is -2.16. The number of hydrogen-bond acceptors (Lipinski definition) is 4. The highest BCUT2D eigenvalue weighted by atomic mass is 35.5. The van der Waals surface area contributed by atoms with Crippen molar-refractivity contribution in [3.05, 3.63) is 47.5 Å². The van der Waals surface area contributed by atoms with Gasteiger partial charge in [-0.2, -0.15) is 0 Å². The van der Waals surface area contributed by atoms with E-state index < -0.39 is 0 Å². The van der Waals surface area contributed by atoms with Crippen LogP contribution in [0.5, 0.6) is 0 Å². The summed E-state index contributed by atoms with van der Waals surface area (Å²) < 4.78 is 0. The average molecular weight is 261 g/mol. The summed E-state index contributed by atoms with van der Waals surface area (Å²) in [5, 5.41) is 3.82. The van der Waals surface area contributed by atoms with Gasteiger partial charge in [-0.15, -0.1) is 0 Å². The highest BCUT2D eigenvalue weighted by molar-refractivity contribution is 6.30. The molecule has 1 aliphatic rings. The molecule has 1 saturated carbocycles. The van der Waals surface area contributed by atoms with Crippen molar-refractivity contribution in [2.75, 3.05) is 11.9 Å². The Morgan fingerprint density at radius 2 is 1.83 bits per heavy atom. The Bertz CT molecular complexity index is 522. The van der Waals surface area contributed by atoms with Gasteiger partial charge in [0.05, 0.1) is 17.4 Å². The Morgan fingerprint density at radius 3 is 2.44 bits per heavy atom. The summed E-state index contributed by atoms with van der Waals surface area (Å²) in [5.41, 5.74) is 1.56. The molecule has 5 heteroatoms. The molecule has 92 valence electrons. The molecule has 0 bridgehead atoms. The van der Waals surface area contributed by atoms with Gasteiger partial charge in [-0.05, 0) is 30.5 Å². The van der Waals surface area contributed by atoms with Gasteiger partial charge >= 0.3 is 0 Å². The second-order valence-corrected chi connectivity index (χ2v) is 5.03. The zero-order chi connectivity index (χ0) is 12.4. The lowest BCUT2D eigenvalue weighted by atomic mass is 9.97. The zero-order valence-electron chi connectivity index (χ0n) is 9.81. The maximum absolute atomic E-state index is 5.75. The molecule has 0 amide bonds. The van der Waals surface area contributed by atoms with Crippen molar-refractivity contribution in [1.29, 1.82) is 0 Å². The summed E-state index contributed by atoms with van der Waals surface area (Å²) in [6.07, 6.45) is 9.27. The third-order valence-electron chi connectivity index (χ3n) is 3.35. The maximum atomic E-state index is 5.75. The van der Waals surface area contributed by atoms with Crippen LogP contribution in [0.4, 0.5) is 5.95 Å². The average Bonchev–Trinajstić information content (AvgIpc) is 3.20. The van der Waals surface area contributed by atoms with Crippen LogP contribution in [0, 0.1) is 0 Å². The van der Waals surface area contributed by atoms with Crippen molar-refractivity contribution in [1.82, 2.24) is 15.0 Å². The minimum Gasteiger partial charge on any atom is -0.353 e. The summed E-state index contributed by atoms with van der Waals surface area (Å²) in [5.74, 6) is 0.625. The summed E-state index contributed by atoms with van der Waals surface area (Å²) in [6.45, 7) is 0.846. The molecule has 0 unspecified atom stereocenters. The molecule has 18 heavy (non-hydrogen) atoms. The topological polar surface area (TPSA) is 50.7 Å². The van der Waals surface area contributed by atoms with Crippen LogP contribution in [-0.2, 0) is 5.41 Å². The lowest BCUT2D eigenvalue weighted by Crippen LogP contribution is -2.20. The SMILES string of the molecule is Clc1cnc(NCC2(c3ccncc3)CC2)nc1. The molecular weight excluding hydrogens is 248 g/mol. The fourth-order valence-electron chi connectivity index (χ4n) is 2.08. The van der Waals surface area contributed by atoms with E-state index in [1.54, 1.807) is 12.4 Å². The van der Waals surface area contributed by atoms with Crippen molar-refractivity contribution >= 4 is 17.5 Å². The standard InChI is InChI=1S/C13H13ClN4/c14-11-7-16-12(17-8-11)18-9-13(3-4-13)10-1-5-15-6-2-10/h1-2,5-8H,3-4,9H2,(H,16,17,18). The number of aromatic nitrogens is 3. The second-order valence-electron chi connectivity index (χ2n) is 4.59. The van der Waals surface area contributed by atoms with Gasteiger partial charge in [-0.3, -0.25) is 4.98 Å². The van der Waals surface area contributed by atoms with E-state index in [1.165, 1.54) is 18.4 Å². The number of rotatable bonds is 4. The fourth-order valence-corrected chi connectivity index (χ4v) is 2.17. The van der Waals surface area contributed by atoms with Crippen molar-refractivity contribution < 1.29 is 0 Å². The minimum atomic E-state index is 0.228. The first-order valence-corrected chi connectivity index (χ1v) is 6.28. The molecule has 2 aromatic heterocycles. The minimum absolute atomic E-state index is 0.228. The molecule has 0 radical (unpaired) electrons. The van der Waals surface area contributed by atoms with Crippen LogP contribution in [0.15, 0.2) is 36.9 Å². The number of hydrogen-bond donors (Lipinski definition) is 1. The van der Waals surface area contributed by atoms with Gasteiger partial charge in [-0.25, -0.2) is 9.97 Å². The van der Waals surface area contributed by atoms with E-state index in [0.29, 0.717) is 11.0 Å². The molecule has 3 rings (SSSR count). The molecule has 0 aromatic carbocycles. The summed E-state index contributed by atoms with van der Waals surface area (Å²) in [4.78, 5) is 12.3. The van der Waals surface area contributed by atoms with E-state index in [9.17, 15) is 0 Å². The van der Waals surface area contributed by atoms with Crippen molar-refractivity contribution in [3.63, 3.8) is 0 Å². The van der Waals surface area contributed by atoms with Gasteiger partial charge in [0.2, 0.25) is 5.95 Å². The first kappa shape index (κ1) is 11.4. The summed E-state index contributed by atoms with van der Waals surface area (Å²) >= 11 is 5.75. The number of nitrogens with zero attached hydrogens (tertiary/aromatic N) is 3. The number of nitrogens with one attached hydrogen (secondary N) is 1. The van der Waals surface area contributed by atoms with Crippen LogP contribution < -0.4 is 5.32 Å². The first-order chi connectivity index (χ1) is 8.78. The fraction of sp³-hybridized carbons (Fsp3) is 0.308. The number of anilines is 1. The monoisotopic (exact) mass is 260 g/mol. The summed E-state index contributed by atoms with van der Waals surface area (Å²) in [6, 6.07) is 4.16. The van der Waals surface area contributed by atoms with Crippen LogP contribution in [0.1, 0.15) is 18.4 Å². The predicted octanol–water partition coefficient (Wildman–Crippen LogP) is 2.67. The molecule has 4 nitrogen and oxygen atoms in total. The van der Waals surface area contributed by atoms with Crippen LogP contribution in [0.25, 0.3) is 0 Å². The molecular formula is C13H13ClN4. The van der Waals surface area contributed by atoms with Gasteiger partial charge in [0.25, 0.3) is 0 Å². The van der Waals surface area contributed by atoms with Gasteiger partial charge in [0.1, 0.15) is 0 Å². The Hall–Kier alpha value is -1.68. The van der Waals surface area contributed by atoms with Crippen molar-refractivity contribution in [2.45, 2.75) is 18.3 Å². The molecule has 0 aliphatic heterocycles. The van der Waals surface area contributed by atoms with E-state index in [1.807, 2.05) is 12.4 Å². The van der Waals surface area contributed by atoms with Crippen LogP contribution in [0.2, 0.25) is 5.02 Å². The maximum Gasteiger partial charge on any atom is 0.222 e. The molecule has 0 spiro atoms. The van der Waals surface area contributed by atoms with E-state index >= 15 is 0 Å². The second kappa shape index (κ2) is 4.53. The van der Waals surface area contributed by atoms with E-state index in [2.05, 4.69) is 32.4 Å². The van der Waals surface area contributed by atoms with Gasteiger partial charge in [0, 0.05) is 24.4 Å². The predicted molar refractivity (Wildman–Crippen MR) is 70.7 cm³/mol. The van der Waals surface area contributed by atoms with E-state index in [0.717, 1.165) is 6.54 Å². The largest absolute Gasteiger partial charge is 0.353 e. The van der Waals surface area contributed by atoms with Crippen LogP contribution in [-0.4, -0.2) is 21.5 Å². The molecule has 2 aromatic rings. The lowest BCUT2D eigenvalue weighted by molar-refractivity contribution is 0.725. The van der Waals surface area contributed by atoms with Crippen molar-refractivity contribution in [3.8, 4) is 0 Å². The quantitative estimate of drug-likeness (QED) is 0.918.